The second-order valence-electron chi connectivity index (χ2n) is 5.39. The maximum Gasteiger partial charge on any atom is 0.0537 e. The average molecular weight is 227 g/mol. The van der Waals surface area contributed by atoms with E-state index < -0.39 is 0 Å². The van der Waals surface area contributed by atoms with Crippen LogP contribution in [0.2, 0.25) is 0 Å². The summed E-state index contributed by atoms with van der Waals surface area (Å²) in [6.07, 6.45) is 6.42. The SMILES string of the molecule is CCCNCC1(C(C)CCC)CCCOC1. The summed E-state index contributed by atoms with van der Waals surface area (Å²) < 4.78 is 5.74. The molecule has 0 spiro atoms. The van der Waals surface area contributed by atoms with Gasteiger partial charge in [-0.05, 0) is 31.7 Å². The first-order valence-corrected chi connectivity index (χ1v) is 7.03. The molecule has 2 atom stereocenters. The minimum absolute atomic E-state index is 0.406. The van der Waals surface area contributed by atoms with Crippen LogP contribution in [0.1, 0.15) is 52.9 Å². The summed E-state index contributed by atoms with van der Waals surface area (Å²) in [7, 11) is 0. The Morgan fingerprint density at radius 2 is 2.12 bits per heavy atom. The summed E-state index contributed by atoms with van der Waals surface area (Å²) >= 11 is 0. The number of ether oxygens (including phenoxy) is 1. The second-order valence-corrected chi connectivity index (χ2v) is 5.39. The zero-order valence-corrected chi connectivity index (χ0v) is 11.3. The molecule has 1 heterocycles. The quantitative estimate of drug-likeness (QED) is 0.674. The van der Waals surface area contributed by atoms with Crippen LogP contribution >= 0.6 is 0 Å². The minimum Gasteiger partial charge on any atom is -0.381 e. The van der Waals surface area contributed by atoms with Crippen molar-refractivity contribution in [1.82, 2.24) is 5.32 Å². The Balaban J connectivity index is 2.52. The Morgan fingerprint density at radius 1 is 1.31 bits per heavy atom. The Bertz CT molecular complexity index is 176. The monoisotopic (exact) mass is 227 g/mol. The van der Waals surface area contributed by atoms with E-state index in [1.165, 1.54) is 32.1 Å². The van der Waals surface area contributed by atoms with Crippen molar-refractivity contribution in [1.29, 1.82) is 0 Å². The molecule has 0 saturated carbocycles. The number of hydrogen-bond acceptors (Lipinski definition) is 2. The summed E-state index contributed by atoms with van der Waals surface area (Å²) in [5.74, 6) is 0.780. The molecule has 16 heavy (non-hydrogen) atoms. The molecule has 2 unspecified atom stereocenters. The van der Waals surface area contributed by atoms with Crippen molar-refractivity contribution in [2.24, 2.45) is 11.3 Å². The molecular weight excluding hydrogens is 198 g/mol. The molecule has 0 aromatic rings. The first kappa shape index (κ1) is 14.0. The summed E-state index contributed by atoms with van der Waals surface area (Å²) in [6.45, 7) is 11.1. The van der Waals surface area contributed by atoms with Crippen LogP contribution in [0.3, 0.4) is 0 Å². The molecular formula is C14H29NO. The largest absolute Gasteiger partial charge is 0.381 e. The predicted molar refractivity (Wildman–Crippen MR) is 69.7 cm³/mol. The maximum absolute atomic E-state index is 5.74. The van der Waals surface area contributed by atoms with E-state index in [1.54, 1.807) is 0 Å². The first-order valence-electron chi connectivity index (χ1n) is 7.03. The highest BCUT2D eigenvalue weighted by Gasteiger charge is 2.37. The van der Waals surface area contributed by atoms with Crippen molar-refractivity contribution in [3.8, 4) is 0 Å². The van der Waals surface area contributed by atoms with Gasteiger partial charge in [0, 0.05) is 18.6 Å². The molecule has 1 fully saturated rings. The van der Waals surface area contributed by atoms with Crippen LogP contribution < -0.4 is 5.32 Å². The predicted octanol–water partition coefficient (Wildman–Crippen LogP) is 3.22. The molecule has 1 saturated heterocycles. The Hall–Kier alpha value is -0.0800. The van der Waals surface area contributed by atoms with Gasteiger partial charge < -0.3 is 10.1 Å². The summed E-state index contributed by atoms with van der Waals surface area (Å²) in [4.78, 5) is 0. The summed E-state index contributed by atoms with van der Waals surface area (Å²) in [5, 5.41) is 3.60. The molecule has 0 amide bonds. The van der Waals surface area contributed by atoms with Crippen molar-refractivity contribution in [3.05, 3.63) is 0 Å². The molecule has 1 aliphatic rings. The summed E-state index contributed by atoms with van der Waals surface area (Å²) in [6, 6.07) is 0. The van der Waals surface area contributed by atoms with Crippen LogP contribution in [0.15, 0.2) is 0 Å². The lowest BCUT2D eigenvalue weighted by molar-refractivity contribution is -0.0395. The lowest BCUT2D eigenvalue weighted by Crippen LogP contribution is -2.45. The molecule has 0 aromatic heterocycles. The van der Waals surface area contributed by atoms with Gasteiger partial charge in [0.15, 0.2) is 0 Å². The van der Waals surface area contributed by atoms with Crippen LogP contribution in [0.4, 0.5) is 0 Å². The van der Waals surface area contributed by atoms with Crippen LogP contribution in [-0.2, 0) is 4.74 Å². The topological polar surface area (TPSA) is 21.3 Å². The molecule has 0 aromatic carbocycles. The van der Waals surface area contributed by atoms with Crippen LogP contribution in [0.25, 0.3) is 0 Å². The maximum atomic E-state index is 5.74. The van der Waals surface area contributed by atoms with Crippen molar-refractivity contribution >= 4 is 0 Å². The van der Waals surface area contributed by atoms with Gasteiger partial charge in [-0.2, -0.15) is 0 Å². The molecule has 1 N–H and O–H groups in total. The van der Waals surface area contributed by atoms with E-state index in [9.17, 15) is 0 Å². The van der Waals surface area contributed by atoms with E-state index in [2.05, 4.69) is 26.1 Å². The fourth-order valence-corrected chi connectivity index (χ4v) is 2.83. The van der Waals surface area contributed by atoms with Crippen molar-refractivity contribution in [2.45, 2.75) is 52.9 Å². The van der Waals surface area contributed by atoms with E-state index in [0.29, 0.717) is 5.41 Å². The fraction of sp³-hybridized carbons (Fsp3) is 1.00. The van der Waals surface area contributed by atoms with Gasteiger partial charge in [-0.1, -0.05) is 33.6 Å². The Morgan fingerprint density at radius 3 is 2.69 bits per heavy atom. The fourth-order valence-electron chi connectivity index (χ4n) is 2.83. The summed E-state index contributed by atoms with van der Waals surface area (Å²) in [5.41, 5.74) is 0.406. The van der Waals surface area contributed by atoms with Gasteiger partial charge in [0.05, 0.1) is 6.61 Å². The average Bonchev–Trinajstić information content (AvgIpc) is 2.31. The van der Waals surface area contributed by atoms with E-state index >= 15 is 0 Å². The van der Waals surface area contributed by atoms with Gasteiger partial charge in [0.25, 0.3) is 0 Å². The zero-order chi connectivity index (χ0) is 11.9. The highest BCUT2D eigenvalue weighted by atomic mass is 16.5. The molecule has 96 valence electrons. The minimum atomic E-state index is 0.406. The van der Waals surface area contributed by atoms with E-state index in [0.717, 1.165) is 32.2 Å². The third-order valence-electron chi connectivity index (χ3n) is 4.02. The van der Waals surface area contributed by atoms with E-state index in [1.807, 2.05) is 0 Å². The number of rotatable bonds is 7. The van der Waals surface area contributed by atoms with Gasteiger partial charge in [-0.15, -0.1) is 0 Å². The van der Waals surface area contributed by atoms with Gasteiger partial charge in [-0.3, -0.25) is 0 Å². The highest BCUT2D eigenvalue weighted by Crippen LogP contribution is 2.38. The van der Waals surface area contributed by atoms with Crippen molar-refractivity contribution in [2.75, 3.05) is 26.3 Å². The normalized spacial score (nSPS) is 27.9. The Labute approximate surface area is 101 Å². The van der Waals surface area contributed by atoms with E-state index in [-0.39, 0.29) is 0 Å². The molecule has 2 nitrogen and oxygen atoms in total. The Kier molecular flexibility index (Phi) is 6.37. The van der Waals surface area contributed by atoms with E-state index in [4.69, 9.17) is 4.74 Å². The third kappa shape index (κ3) is 3.74. The van der Waals surface area contributed by atoms with Crippen LogP contribution in [0, 0.1) is 11.3 Å². The van der Waals surface area contributed by atoms with Crippen molar-refractivity contribution in [3.63, 3.8) is 0 Å². The lowest BCUT2D eigenvalue weighted by Gasteiger charge is -2.42. The third-order valence-corrected chi connectivity index (χ3v) is 4.02. The zero-order valence-electron chi connectivity index (χ0n) is 11.3. The highest BCUT2D eigenvalue weighted by molar-refractivity contribution is 4.88. The first-order chi connectivity index (χ1) is 7.75. The molecule has 2 heteroatoms. The molecule has 0 aliphatic carbocycles. The smallest absolute Gasteiger partial charge is 0.0537 e. The second kappa shape index (κ2) is 7.29. The molecule has 1 rings (SSSR count). The number of nitrogens with one attached hydrogen (secondary N) is 1. The van der Waals surface area contributed by atoms with Crippen LogP contribution in [0.5, 0.6) is 0 Å². The lowest BCUT2D eigenvalue weighted by atomic mass is 9.70. The molecule has 0 bridgehead atoms. The standard InChI is InChI=1S/C14H29NO/c1-4-7-13(3)14(11-15-9-5-2)8-6-10-16-12-14/h13,15H,4-12H2,1-3H3. The number of hydrogen-bond donors (Lipinski definition) is 1. The van der Waals surface area contributed by atoms with Gasteiger partial charge in [-0.25, -0.2) is 0 Å². The van der Waals surface area contributed by atoms with Gasteiger partial charge in [0.2, 0.25) is 0 Å². The molecule has 1 aliphatic heterocycles. The van der Waals surface area contributed by atoms with Crippen LogP contribution in [-0.4, -0.2) is 26.3 Å². The van der Waals surface area contributed by atoms with Gasteiger partial charge >= 0.3 is 0 Å². The van der Waals surface area contributed by atoms with Gasteiger partial charge in [0.1, 0.15) is 0 Å². The molecule has 0 radical (unpaired) electrons. The van der Waals surface area contributed by atoms with Crippen molar-refractivity contribution < 1.29 is 4.74 Å².